The Morgan fingerprint density at radius 2 is 1.43 bits per heavy atom. The van der Waals surface area contributed by atoms with Crippen molar-refractivity contribution >= 4 is 69.6 Å². The van der Waals surface area contributed by atoms with Gasteiger partial charge in [0.25, 0.3) is 0 Å². The van der Waals surface area contributed by atoms with Crippen LogP contribution in [0.1, 0.15) is 6.92 Å². The van der Waals surface area contributed by atoms with Crippen LogP contribution in [-0.4, -0.2) is 10.6 Å². The van der Waals surface area contributed by atoms with Crippen molar-refractivity contribution in [3.8, 4) is 0 Å². The summed E-state index contributed by atoms with van der Waals surface area (Å²) in [4.78, 5) is 0. The lowest BCUT2D eigenvalue weighted by Gasteiger charge is -2.24. The van der Waals surface area contributed by atoms with E-state index in [4.69, 9.17) is 74.3 Å². The maximum absolute atomic E-state index is 6.00. The molecule has 1 aliphatic rings. The van der Waals surface area contributed by atoms with Crippen LogP contribution in [-0.2, 0) is 4.74 Å². The molecule has 0 saturated heterocycles. The average Bonchev–Trinajstić information content (AvgIpc) is 2.21. The Morgan fingerprint density at radius 3 is 1.71 bits per heavy atom. The Kier molecular flexibility index (Phi) is 4.34. The quantitative estimate of drug-likeness (QED) is 0.657. The maximum Gasteiger partial charge on any atom is 0.218 e. The Labute approximate surface area is 111 Å². The third-order valence-corrected chi connectivity index (χ3v) is 4.17. The van der Waals surface area contributed by atoms with Crippen molar-refractivity contribution in [1.82, 2.24) is 0 Å². The molecule has 0 amide bonds. The van der Waals surface area contributed by atoms with Gasteiger partial charge < -0.3 is 4.74 Å². The predicted molar refractivity (Wildman–Crippen MR) is 62.4 cm³/mol. The molecule has 80 valence electrons. The molecular formula is C7H4Cl6O. The highest BCUT2D eigenvalue weighted by molar-refractivity contribution is 6.58. The van der Waals surface area contributed by atoms with Gasteiger partial charge in [0.05, 0.1) is 20.1 Å². The van der Waals surface area contributed by atoms with Crippen molar-refractivity contribution < 1.29 is 4.74 Å². The minimum Gasteiger partial charge on any atom is -0.331 e. The first kappa shape index (κ1) is 13.2. The number of halogens is 6. The summed E-state index contributed by atoms with van der Waals surface area (Å²) in [5.74, 6) is 0. The van der Waals surface area contributed by atoms with Crippen LogP contribution in [0, 0.1) is 0 Å². The van der Waals surface area contributed by atoms with E-state index in [-0.39, 0.29) is 20.1 Å². The molecule has 1 nitrogen and oxygen atoms in total. The zero-order valence-electron chi connectivity index (χ0n) is 6.75. The smallest absolute Gasteiger partial charge is 0.218 e. The normalized spacial score (nSPS) is 23.4. The third kappa shape index (κ3) is 2.15. The van der Waals surface area contributed by atoms with Gasteiger partial charge in [-0.3, -0.25) is 0 Å². The van der Waals surface area contributed by atoms with E-state index < -0.39 is 10.6 Å². The molecule has 1 rings (SSSR count). The zero-order chi connectivity index (χ0) is 11.1. The highest BCUT2D eigenvalue weighted by atomic mass is 35.5. The molecule has 0 heterocycles. The highest BCUT2D eigenvalue weighted by Crippen LogP contribution is 2.52. The van der Waals surface area contributed by atoms with Gasteiger partial charge in [0, 0.05) is 0 Å². The lowest BCUT2D eigenvalue weighted by Crippen LogP contribution is -2.27. The predicted octanol–water partition coefficient (Wildman–Crippen LogP) is 4.91. The van der Waals surface area contributed by atoms with Gasteiger partial charge >= 0.3 is 0 Å². The van der Waals surface area contributed by atoms with E-state index >= 15 is 0 Å². The van der Waals surface area contributed by atoms with Crippen molar-refractivity contribution in [2.75, 3.05) is 0 Å². The van der Waals surface area contributed by atoms with Gasteiger partial charge in [0.2, 0.25) is 5.06 Å². The largest absolute Gasteiger partial charge is 0.331 e. The number of alkyl halides is 2. The Hall–Kier alpha value is 1.18. The van der Waals surface area contributed by atoms with Gasteiger partial charge in [0.1, 0.15) is 5.56 Å². The second kappa shape index (κ2) is 4.58. The van der Waals surface area contributed by atoms with Gasteiger partial charge in [0.15, 0.2) is 0 Å². The Bertz CT molecular complexity index is 294. The highest BCUT2D eigenvalue weighted by Gasteiger charge is 2.46. The molecule has 0 N–H and O–H groups in total. The second-order valence-corrected chi connectivity index (χ2v) is 5.17. The third-order valence-electron chi connectivity index (χ3n) is 1.47. The molecule has 7 heteroatoms. The number of rotatable bonds is 2. The Balaban J connectivity index is 3.12. The van der Waals surface area contributed by atoms with Crippen molar-refractivity contribution in [3.05, 3.63) is 20.1 Å². The van der Waals surface area contributed by atoms with Gasteiger partial charge in [-0.2, -0.15) is 0 Å². The fourth-order valence-corrected chi connectivity index (χ4v) is 2.56. The molecule has 0 spiro atoms. The molecule has 0 bridgehead atoms. The number of allylic oxidation sites excluding steroid dienone is 2. The van der Waals surface area contributed by atoms with Crippen LogP contribution in [0.25, 0.3) is 0 Å². The van der Waals surface area contributed by atoms with Crippen LogP contribution in [0.4, 0.5) is 0 Å². The van der Waals surface area contributed by atoms with E-state index in [0.717, 1.165) is 0 Å². The van der Waals surface area contributed by atoms with E-state index in [1.165, 1.54) is 0 Å². The van der Waals surface area contributed by atoms with Crippen LogP contribution in [0.3, 0.4) is 0 Å². The van der Waals surface area contributed by atoms with Crippen molar-refractivity contribution in [3.63, 3.8) is 0 Å². The number of hydrogen-bond donors (Lipinski definition) is 0. The maximum atomic E-state index is 6.00. The van der Waals surface area contributed by atoms with E-state index in [0.29, 0.717) is 0 Å². The van der Waals surface area contributed by atoms with Crippen LogP contribution in [0.2, 0.25) is 0 Å². The Morgan fingerprint density at radius 1 is 1.07 bits per heavy atom. The van der Waals surface area contributed by atoms with Gasteiger partial charge in [-0.1, -0.05) is 69.6 Å². The second-order valence-electron chi connectivity index (χ2n) is 2.51. The molecule has 1 unspecified atom stereocenters. The summed E-state index contributed by atoms with van der Waals surface area (Å²) in [5, 5.41) is -1.37. The first-order valence-electron chi connectivity index (χ1n) is 3.43. The topological polar surface area (TPSA) is 9.23 Å². The molecule has 0 aliphatic heterocycles. The summed E-state index contributed by atoms with van der Waals surface area (Å²) < 4.78 is 5.15. The van der Waals surface area contributed by atoms with Crippen molar-refractivity contribution in [2.45, 2.75) is 17.5 Å². The van der Waals surface area contributed by atoms with E-state index in [1.807, 2.05) is 0 Å². The van der Waals surface area contributed by atoms with Gasteiger partial charge in [-0.05, 0) is 6.92 Å². The minimum atomic E-state index is -1.56. The van der Waals surface area contributed by atoms with Gasteiger partial charge in [-0.15, -0.1) is 0 Å². The molecule has 0 fully saturated rings. The monoisotopic (exact) mass is 314 g/mol. The van der Waals surface area contributed by atoms with Crippen molar-refractivity contribution in [2.24, 2.45) is 0 Å². The standard InChI is InChI=1S/C7H4Cl6O/c1-2(8)14-7(13)5(11)3(9)4(10)6(7)12/h2H,1H3. The summed E-state index contributed by atoms with van der Waals surface area (Å²) in [5.41, 5.74) is -0.679. The number of ether oxygens (including phenoxy) is 1. The molecule has 0 saturated carbocycles. The molecule has 0 radical (unpaired) electrons. The molecule has 1 aliphatic carbocycles. The average molecular weight is 317 g/mol. The van der Waals surface area contributed by atoms with Crippen molar-refractivity contribution in [1.29, 1.82) is 0 Å². The summed E-state index contributed by atoms with van der Waals surface area (Å²) >= 11 is 34.8. The van der Waals surface area contributed by atoms with Crippen LogP contribution < -0.4 is 0 Å². The number of hydrogen-bond acceptors (Lipinski definition) is 1. The summed E-state index contributed by atoms with van der Waals surface area (Å²) in [6.45, 7) is 1.57. The van der Waals surface area contributed by atoms with E-state index in [1.54, 1.807) is 6.92 Å². The summed E-state index contributed by atoms with van der Waals surface area (Å²) in [6, 6.07) is 0. The minimum absolute atomic E-state index is 0.0170. The fraction of sp³-hybridized carbons (Fsp3) is 0.429. The lowest BCUT2D eigenvalue weighted by atomic mass is 10.4. The van der Waals surface area contributed by atoms with Crippen LogP contribution in [0.15, 0.2) is 20.1 Å². The SMILES string of the molecule is CC(Cl)OC1(Cl)C(Cl)=C(Cl)C(Cl)=C1Cl. The molecule has 14 heavy (non-hydrogen) atoms. The fourth-order valence-electron chi connectivity index (χ4n) is 0.899. The first-order chi connectivity index (χ1) is 6.30. The lowest BCUT2D eigenvalue weighted by molar-refractivity contribution is 0.0673. The molecule has 1 atom stereocenters. The van der Waals surface area contributed by atoms with Gasteiger partial charge in [-0.25, -0.2) is 0 Å². The van der Waals surface area contributed by atoms with E-state index in [9.17, 15) is 0 Å². The van der Waals surface area contributed by atoms with Crippen LogP contribution >= 0.6 is 69.6 Å². The molecular weight excluding hydrogens is 313 g/mol. The molecule has 0 aromatic rings. The zero-order valence-corrected chi connectivity index (χ0v) is 11.3. The van der Waals surface area contributed by atoms with Crippen LogP contribution in [0.5, 0.6) is 0 Å². The summed E-state index contributed by atoms with van der Waals surface area (Å²) in [7, 11) is 0. The summed E-state index contributed by atoms with van der Waals surface area (Å²) in [6.07, 6.45) is 0. The first-order valence-corrected chi connectivity index (χ1v) is 5.76. The molecule has 0 aromatic carbocycles. The van der Waals surface area contributed by atoms with E-state index in [2.05, 4.69) is 0 Å². The molecule has 0 aromatic heterocycles.